The predicted octanol–water partition coefficient (Wildman–Crippen LogP) is 3.61. The second kappa shape index (κ2) is 8.56. The Labute approximate surface area is 158 Å². The first-order chi connectivity index (χ1) is 12.6. The molecule has 5 nitrogen and oxygen atoms in total. The van der Waals surface area contributed by atoms with Crippen molar-refractivity contribution in [1.29, 1.82) is 0 Å². The number of thiophene rings is 1. The molecular weight excluding hydrogens is 348 g/mol. The molecule has 1 aliphatic carbocycles. The summed E-state index contributed by atoms with van der Waals surface area (Å²) in [5.74, 6) is 1.68. The van der Waals surface area contributed by atoms with E-state index in [0.29, 0.717) is 19.1 Å². The van der Waals surface area contributed by atoms with Gasteiger partial charge in [0.2, 0.25) is 5.91 Å². The highest BCUT2D eigenvalue weighted by molar-refractivity contribution is 7.10. The van der Waals surface area contributed by atoms with Crippen LogP contribution in [0, 0.1) is 0 Å². The van der Waals surface area contributed by atoms with Crippen LogP contribution < -0.4 is 14.8 Å². The summed E-state index contributed by atoms with van der Waals surface area (Å²) < 4.78 is 10.8. The zero-order valence-corrected chi connectivity index (χ0v) is 16.3. The summed E-state index contributed by atoms with van der Waals surface area (Å²) in [6.07, 6.45) is 2.28. The van der Waals surface area contributed by atoms with Crippen LogP contribution >= 0.6 is 11.3 Å². The molecule has 1 atom stereocenters. The Hall–Kier alpha value is -2.05. The Morgan fingerprint density at radius 1 is 1.31 bits per heavy atom. The van der Waals surface area contributed by atoms with Gasteiger partial charge in [-0.05, 0) is 49.4 Å². The number of ether oxygens (including phenoxy) is 2. The van der Waals surface area contributed by atoms with Crippen molar-refractivity contribution >= 4 is 17.2 Å². The third-order valence-corrected chi connectivity index (χ3v) is 5.67. The summed E-state index contributed by atoms with van der Waals surface area (Å²) in [6, 6.07) is 10.4. The van der Waals surface area contributed by atoms with Crippen molar-refractivity contribution in [2.75, 3.05) is 20.8 Å². The molecule has 1 heterocycles. The maximum Gasteiger partial charge on any atom is 0.234 e. The number of carbonyl (C=O) groups is 1. The Bertz CT molecular complexity index is 729. The van der Waals surface area contributed by atoms with Gasteiger partial charge in [-0.1, -0.05) is 6.07 Å². The molecule has 0 bridgehead atoms. The standard InChI is InChI=1S/C20H26N2O3S/c1-14(19-5-4-10-26-19)21-20(23)13-22(16-6-7-16)12-15-11-17(24-2)8-9-18(15)25-3/h4-5,8-11,14,16H,6-7,12-13H2,1-3H3,(H,21,23). The maximum absolute atomic E-state index is 12.6. The van der Waals surface area contributed by atoms with E-state index in [4.69, 9.17) is 9.47 Å². The van der Waals surface area contributed by atoms with E-state index in [1.807, 2.05) is 36.6 Å². The minimum atomic E-state index is 0.0370. The number of benzene rings is 1. The lowest BCUT2D eigenvalue weighted by Crippen LogP contribution is -2.39. The Morgan fingerprint density at radius 2 is 2.12 bits per heavy atom. The Kier molecular flexibility index (Phi) is 6.16. The molecule has 140 valence electrons. The molecule has 0 saturated heterocycles. The largest absolute Gasteiger partial charge is 0.497 e. The average molecular weight is 375 g/mol. The normalized spacial score (nSPS) is 14.9. The molecule has 1 aliphatic rings. The molecular formula is C20H26N2O3S. The molecule has 1 N–H and O–H groups in total. The SMILES string of the molecule is COc1ccc(OC)c(CN(CC(=O)NC(C)c2cccs2)C2CC2)c1. The molecule has 0 spiro atoms. The summed E-state index contributed by atoms with van der Waals surface area (Å²) in [5, 5.41) is 5.14. The van der Waals surface area contributed by atoms with Crippen LogP contribution in [0.5, 0.6) is 11.5 Å². The molecule has 1 aromatic carbocycles. The second-order valence-electron chi connectivity index (χ2n) is 6.62. The molecule has 2 aromatic rings. The van der Waals surface area contributed by atoms with Crippen LogP contribution in [-0.2, 0) is 11.3 Å². The fraction of sp³-hybridized carbons (Fsp3) is 0.450. The maximum atomic E-state index is 12.6. The van der Waals surface area contributed by atoms with E-state index >= 15 is 0 Å². The number of nitrogens with one attached hydrogen (secondary N) is 1. The number of carbonyl (C=O) groups excluding carboxylic acids is 1. The second-order valence-corrected chi connectivity index (χ2v) is 7.60. The van der Waals surface area contributed by atoms with Gasteiger partial charge in [0.1, 0.15) is 11.5 Å². The number of rotatable bonds is 9. The van der Waals surface area contributed by atoms with Crippen molar-refractivity contribution in [3.63, 3.8) is 0 Å². The van der Waals surface area contributed by atoms with Gasteiger partial charge in [0.15, 0.2) is 0 Å². The Morgan fingerprint density at radius 3 is 2.73 bits per heavy atom. The third-order valence-electron chi connectivity index (χ3n) is 4.62. The summed E-state index contributed by atoms with van der Waals surface area (Å²) in [6.45, 7) is 3.09. The first kappa shape index (κ1) is 18.7. The quantitative estimate of drug-likeness (QED) is 0.729. The molecule has 1 amide bonds. The smallest absolute Gasteiger partial charge is 0.234 e. The van der Waals surface area contributed by atoms with Gasteiger partial charge in [-0.15, -0.1) is 11.3 Å². The third kappa shape index (κ3) is 4.77. The van der Waals surface area contributed by atoms with Gasteiger partial charge >= 0.3 is 0 Å². The fourth-order valence-electron chi connectivity index (χ4n) is 3.06. The lowest BCUT2D eigenvalue weighted by atomic mass is 10.1. The van der Waals surface area contributed by atoms with Crippen LogP contribution in [0.3, 0.4) is 0 Å². The van der Waals surface area contributed by atoms with Gasteiger partial charge in [0.05, 0.1) is 26.8 Å². The van der Waals surface area contributed by atoms with Crippen molar-refractivity contribution < 1.29 is 14.3 Å². The van der Waals surface area contributed by atoms with Gasteiger partial charge < -0.3 is 14.8 Å². The minimum Gasteiger partial charge on any atom is -0.497 e. The van der Waals surface area contributed by atoms with Crippen molar-refractivity contribution in [3.05, 3.63) is 46.2 Å². The molecule has 1 saturated carbocycles. The van der Waals surface area contributed by atoms with Gasteiger partial charge in [0.25, 0.3) is 0 Å². The van der Waals surface area contributed by atoms with Crippen LogP contribution in [0.25, 0.3) is 0 Å². The van der Waals surface area contributed by atoms with Gasteiger partial charge in [0, 0.05) is 23.0 Å². The summed E-state index contributed by atoms with van der Waals surface area (Å²) >= 11 is 1.66. The van der Waals surface area contributed by atoms with Gasteiger partial charge in [-0.25, -0.2) is 0 Å². The van der Waals surface area contributed by atoms with Gasteiger partial charge in [-0.3, -0.25) is 9.69 Å². The van der Waals surface area contributed by atoms with E-state index in [1.165, 1.54) is 4.88 Å². The van der Waals surface area contributed by atoms with E-state index in [1.54, 1.807) is 25.6 Å². The summed E-state index contributed by atoms with van der Waals surface area (Å²) in [4.78, 5) is 16.0. The molecule has 1 aromatic heterocycles. The summed E-state index contributed by atoms with van der Waals surface area (Å²) in [7, 11) is 3.33. The highest BCUT2D eigenvalue weighted by Gasteiger charge is 2.31. The molecule has 1 fully saturated rings. The van der Waals surface area contributed by atoms with Gasteiger partial charge in [-0.2, -0.15) is 0 Å². The molecule has 6 heteroatoms. The first-order valence-electron chi connectivity index (χ1n) is 8.88. The molecule has 26 heavy (non-hydrogen) atoms. The highest BCUT2D eigenvalue weighted by Crippen LogP contribution is 2.31. The van der Waals surface area contributed by atoms with Crippen LogP contribution in [0.2, 0.25) is 0 Å². The topological polar surface area (TPSA) is 50.8 Å². The lowest BCUT2D eigenvalue weighted by molar-refractivity contribution is -0.123. The van der Waals surface area contributed by atoms with Crippen molar-refractivity contribution in [2.45, 2.75) is 38.4 Å². The van der Waals surface area contributed by atoms with Crippen LogP contribution in [0.1, 0.15) is 36.2 Å². The minimum absolute atomic E-state index is 0.0370. The highest BCUT2D eigenvalue weighted by atomic mass is 32.1. The van der Waals surface area contributed by atoms with Crippen LogP contribution in [-0.4, -0.2) is 37.6 Å². The number of hydrogen-bond acceptors (Lipinski definition) is 5. The fourth-order valence-corrected chi connectivity index (χ4v) is 3.79. The van der Waals surface area contributed by atoms with Crippen molar-refractivity contribution in [2.24, 2.45) is 0 Å². The van der Waals surface area contributed by atoms with Crippen LogP contribution in [0.4, 0.5) is 0 Å². The molecule has 0 radical (unpaired) electrons. The molecule has 0 aliphatic heterocycles. The first-order valence-corrected chi connectivity index (χ1v) is 9.76. The zero-order chi connectivity index (χ0) is 18.5. The number of methoxy groups -OCH3 is 2. The number of hydrogen-bond donors (Lipinski definition) is 1. The van der Waals surface area contributed by atoms with E-state index in [9.17, 15) is 4.79 Å². The predicted molar refractivity (Wildman–Crippen MR) is 104 cm³/mol. The zero-order valence-electron chi connectivity index (χ0n) is 15.5. The van der Waals surface area contributed by atoms with Crippen molar-refractivity contribution in [1.82, 2.24) is 10.2 Å². The van der Waals surface area contributed by atoms with Crippen molar-refractivity contribution in [3.8, 4) is 11.5 Å². The van der Waals surface area contributed by atoms with Crippen LogP contribution in [0.15, 0.2) is 35.7 Å². The lowest BCUT2D eigenvalue weighted by Gasteiger charge is -2.24. The molecule has 1 unspecified atom stereocenters. The van der Waals surface area contributed by atoms with E-state index < -0.39 is 0 Å². The number of amides is 1. The summed E-state index contributed by atoms with van der Waals surface area (Å²) in [5.41, 5.74) is 1.04. The van der Waals surface area contributed by atoms with E-state index in [-0.39, 0.29) is 11.9 Å². The van der Waals surface area contributed by atoms with E-state index in [2.05, 4.69) is 16.3 Å². The number of nitrogens with zero attached hydrogens (tertiary/aromatic N) is 1. The monoisotopic (exact) mass is 374 g/mol. The Balaban J connectivity index is 1.65. The molecule has 3 rings (SSSR count). The average Bonchev–Trinajstić information content (AvgIpc) is 3.34. The van der Waals surface area contributed by atoms with E-state index in [0.717, 1.165) is 29.9 Å².